The number of aliphatic hydroxyl groups is 1. The van der Waals surface area contributed by atoms with Gasteiger partial charge >= 0.3 is 5.97 Å². The quantitative estimate of drug-likeness (QED) is 0.411. The average Bonchev–Trinajstić information content (AvgIpc) is 3.48. The zero-order valence-corrected chi connectivity index (χ0v) is 20.5. The number of fused-ring (bicyclic) bond motifs is 1. The summed E-state index contributed by atoms with van der Waals surface area (Å²) in [7, 11) is 0. The molecule has 34 heavy (non-hydrogen) atoms. The number of hydrogen-bond acceptors (Lipinski definition) is 8. The number of aliphatic hydroxyl groups excluding tert-OH is 1. The van der Waals surface area contributed by atoms with Gasteiger partial charge in [0.05, 0.1) is 50.4 Å². The topological polar surface area (TPSA) is 118 Å². The highest BCUT2D eigenvalue weighted by Gasteiger charge is 2.75. The standard InChI is InChI=1S/C24H39N3O7/c1-4-15(3)16(14-28)27-20(21(29)25-8-9-26-10-12-32-13-11-26)24-7-6-17(34-24)18(19(24)22(27)30)23(31)33-5-2/h15-20,28H,4-14H2,1-3H3,(H,25,29)/t15-,16-,17+,18-,19-,20+,24-/m0/s1. The van der Waals surface area contributed by atoms with Gasteiger partial charge in [0.2, 0.25) is 11.8 Å². The molecule has 7 atom stereocenters. The first-order valence-electron chi connectivity index (χ1n) is 12.7. The lowest BCUT2D eigenvalue weighted by atomic mass is 9.71. The third-order valence-corrected chi connectivity index (χ3v) is 8.22. The SMILES string of the molecule is CCOC(=O)[C@@H]1[C@H]2C(=O)N([C@@H](CO)[C@@H](C)CC)[C@H](C(=O)NCCN3CCOCC3)[C@]23CC[C@H]1O3. The van der Waals surface area contributed by atoms with E-state index in [1.54, 1.807) is 6.92 Å². The lowest BCUT2D eigenvalue weighted by molar-refractivity contribution is -0.155. The van der Waals surface area contributed by atoms with E-state index in [0.717, 1.165) is 19.5 Å². The Hall–Kier alpha value is -1.75. The zero-order valence-electron chi connectivity index (χ0n) is 20.5. The molecule has 0 aromatic rings. The minimum atomic E-state index is -1.07. The number of carbonyl (C=O) groups is 3. The van der Waals surface area contributed by atoms with Gasteiger partial charge in [0.1, 0.15) is 11.6 Å². The summed E-state index contributed by atoms with van der Waals surface area (Å²) in [6.07, 6.45) is 1.45. The van der Waals surface area contributed by atoms with Crippen LogP contribution >= 0.6 is 0 Å². The predicted octanol–water partition coefficient (Wildman–Crippen LogP) is -0.220. The Balaban J connectivity index is 1.60. The summed E-state index contributed by atoms with van der Waals surface area (Å²) >= 11 is 0. The summed E-state index contributed by atoms with van der Waals surface area (Å²) in [5, 5.41) is 13.3. The van der Waals surface area contributed by atoms with E-state index in [0.29, 0.717) is 39.1 Å². The fraction of sp³-hybridized carbons (Fsp3) is 0.875. The number of esters is 1. The summed E-state index contributed by atoms with van der Waals surface area (Å²) in [5.74, 6) is -2.51. The molecule has 4 fully saturated rings. The lowest BCUT2D eigenvalue weighted by Crippen LogP contribution is -2.59. The molecule has 2 N–H and O–H groups in total. The van der Waals surface area contributed by atoms with E-state index in [1.807, 2.05) is 13.8 Å². The monoisotopic (exact) mass is 481 g/mol. The van der Waals surface area contributed by atoms with Crippen LogP contribution in [0.2, 0.25) is 0 Å². The van der Waals surface area contributed by atoms with Crippen molar-refractivity contribution >= 4 is 17.8 Å². The predicted molar refractivity (Wildman–Crippen MR) is 122 cm³/mol. The number of nitrogens with zero attached hydrogens (tertiary/aromatic N) is 2. The second-order valence-electron chi connectivity index (χ2n) is 9.93. The third kappa shape index (κ3) is 4.23. The van der Waals surface area contributed by atoms with Crippen LogP contribution in [0, 0.1) is 17.8 Å². The Bertz CT molecular complexity index is 774. The molecule has 2 amide bonds. The molecule has 0 aromatic carbocycles. The van der Waals surface area contributed by atoms with Crippen LogP contribution < -0.4 is 5.32 Å². The van der Waals surface area contributed by atoms with Crippen molar-refractivity contribution in [2.75, 3.05) is 52.6 Å². The number of morpholine rings is 1. The van der Waals surface area contributed by atoms with E-state index in [-0.39, 0.29) is 30.9 Å². The highest BCUT2D eigenvalue weighted by molar-refractivity contribution is 5.98. The lowest BCUT2D eigenvalue weighted by Gasteiger charge is -2.39. The van der Waals surface area contributed by atoms with Gasteiger partial charge in [-0.25, -0.2) is 0 Å². The second kappa shape index (κ2) is 10.5. The normalized spacial score (nSPS) is 34.7. The first-order valence-corrected chi connectivity index (χ1v) is 12.7. The van der Waals surface area contributed by atoms with Gasteiger partial charge < -0.3 is 29.5 Å². The van der Waals surface area contributed by atoms with Gasteiger partial charge in [-0.05, 0) is 25.7 Å². The fourth-order valence-electron chi connectivity index (χ4n) is 6.33. The highest BCUT2D eigenvalue weighted by Crippen LogP contribution is 2.59. The van der Waals surface area contributed by atoms with Crippen molar-refractivity contribution in [3.63, 3.8) is 0 Å². The van der Waals surface area contributed by atoms with Gasteiger partial charge in [-0.3, -0.25) is 19.3 Å². The van der Waals surface area contributed by atoms with Crippen molar-refractivity contribution in [2.24, 2.45) is 17.8 Å². The number of nitrogens with one attached hydrogen (secondary N) is 1. The Morgan fingerprint density at radius 2 is 2.03 bits per heavy atom. The molecule has 4 saturated heterocycles. The molecule has 4 aliphatic rings. The maximum absolute atomic E-state index is 13.9. The fourth-order valence-corrected chi connectivity index (χ4v) is 6.33. The largest absolute Gasteiger partial charge is 0.466 e. The number of likely N-dealkylation sites (tertiary alicyclic amines) is 1. The van der Waals surface area contributed by atoms with Gasteiger partial charge in [-0.1, -0.05) is 20.3 Å². The van der Waals surface area contributed by atoms with E-state index >= 15 is 0 Å². The smallest absolute Gasteiger partial charge is 0.312 e. The number of carbonyl (C=O) groups excluding carboxylic acids is 3. The number of hydrogen-bond donors (Lipinski definition) is 2. The molecular formula is C24H39N3O7. The Kier molecular flexibility index (Phi) is 7.81. The van der Waals surface area contributed by atoms with Crippen LogP contribution in [0.4, 0.5) is 0 Å². The molecular weight excluding hydrogens is 442 g/mol. The molecule has 1 spiro atoms. The van der Waals surface area contributed by atoms with Gasteiger partial charge in [0.25, 0.3) is 0 Å². The molecule has 192 valence electrons. The van der Waals surface area contributed by atoms with Gasteiger partial charge in [0, 0.05) is 26.2 Å². The first-order chi connectivity index (χ1) is 16.4. The Morgan fingerprint density at radius 3 is 2.68 bits per heavy atom. The average molecular weight is 482 g/mol. The summed E-state index contributed by atoms with van der Waals surface area (Å²) in [6.45, 7) is 9.80. The molecule has 4 aliphatic heterocycles. The van der Waals surface area contributed by atoms with E-state index in [2.05, 4.69) is 10.2 Å². The molecule has 0 unspecified atom stereocenters. The Labute approximate surface area is 201 Å². The minimum absolute atomic E-state index is 0.0222. The zero-order chi connectivity index (χ0) is 24.5. The van der Waals surface area contributed by atoms with Crippen LogP contribution in [0.1, 0.15) is 40.0 Å². The summed E-state index contributed by atoms with van der Waals surface area (Å²) in [5.41, 5.74) is -1.07. The van der Waals surface area contributed by atoms with Crippen LogP contribution in [0.25, 0.3) is 0 Å². The molecule has 10 heteroatoms. The molecule has 0 aliphatic carbocycles. The van der Waals surface area contributed by atoms with E-state index in [1.165, 1.54) is 4.90 Å². The van der Waals surface area contributed by atoms with Crippen LogP contribution in [0.15, 0.2) is 0 Å². The molecule has 0 saturated carbocycles. The molecule has 0 aromatic heterocycles. The van der Waals surface area contributed by atoms with E-state index in [9.17, 15) is 19.5 Å². The number of rotatable bonds is 10. The summed E-state index contributed by atoms with van der Waals surface area (Å²) in [6, 6.07) is -1.41. The van der Waals surface area contributed by atoms with Crippen LogP contribution in [0.3, 0.4) is 0 Å². The number of ether oxygens (including phenoxy) is 3. The van der Waals surface area contributed by atoms with E-state index in [4.69, 9.17) is 14.2 Å². The molecule has 4 heterocycles. The second-order valence-corrected chi connectivity index (χ2v) is 9.93. The maximum atomic E-state index is 13.9. The van der Waals surface area contributed by atoms with Crippen molar-refractivity contribution in [1.29, 1.82) is 0 Å². The van der Waals surface area contributed by atoms with Crippen molar-refractivity contribution < 1.29 is 33.7 Å². The third-order valence-electron chi connectivity index (χ3n) is 8.22. The summed E-state index contributed by atoms with van der Waals surface area (Å²) in [4.78, 5) is 44.2. The van der Waals surface area contributed by atoms with Crippen molar-refractivity contribution in [3.8, 4) is 0 Å². The highest BCUT2D eigenvalue weighted by atomic mass is 16.6. The molecule has 0 radical (unpaired) electrons. The van der Waals surface area contributed by atoms with Gasteiger partial charge in [-0.2, -0.15) is 0 Å². The molecule has 4 rings (SSSR count). The van der Waals surface area contributed by atoms with E-state index < -0.39 is 41.6 Å². The van der Waals surface area contributed by atoms with Crippen LogP contribution in [-0.4, -0.2) is 109 Å². The minimum Gasteiger partial charge on any atom is -0.466 e. The van der Waals surface area contributed by atoms with Gasteiger partial charge in [0.15, 0.2) is 0 Å². The first kappa shape index (κ1) is 25.3. The summed E-state index contributed by atoms with van der Waals surface area (Å²) < 4.78 is 17.0. The van der Waals surface area contributed by atoms with Crippen molar-refractivity contribution in [1.82, 2.24) is 15.1 Å². The maximum Gasteiger partial charge on any atom is 0.312 e. The van der Waals surface area contributed by atoms with Gasteiger partial charge in [-0.15, -0.1) is 0 Å². The molecule has 10 nitrogen and oxygen atoms in total. The Morgan fingerprint density at radius 1 is 1.29 bits per heavy atom. The van der Waals surface area contributed by atoms with Crippen molar-refractivity contribution in [2.45, 2.75) is 63.8 Å². The van der Waals surface area contributed by atoms with Crippen molar-refractivity contribution in [3.05, 3.63) is 0 Å². The molecule has 2 bridgehead atoms. The van der Waals surface area contributed by atoms with Crippen LogP contribution in [0.5, 0.6) is 0 Å². The number of amides is 2. The van der Waals surface area contributed by atoms with Crippen LogP contribution in [-0.2, 0) is 28.6 Å².